The standard InChI is InChI=1S/C15H29N/c1-12-10-16(11-13(2)14(12)3)15-8-6-4-5-7-9-15/h12-15H,4-11H2,1-3H3. The monoisotopic (exact) mass is 223 g/mol. The first-order chi connectivity index (χ1) is 7.68. The lowest BCUT2D eigenvalue weighted by Crippen LogP contribution is -2.48. The average Bonchev–Trinajstić information content (AvgIpc) is 2.53. The first-order valence-electron chi connectivity index (χ1n) is 7.42. The summed E-state index contributed by atoms with van der Waals surface area (Å²) in [6.07, 6.45) is 8.83. The molecule has 1 aliphatic carbocycles. The maximum atomic E-state index is 2.82. The minimum Gasteiger partial charge on any atom is -0.300 e. The molecular weight excluding hydrogens is 194 g/mol. The molecule has 0 radical (unpaired) electrons. The van der Waals surface area contributed by atoms with Crippen LogP contribution in [0.4, 0.5) is 0 Å². The topological polar surface area (TPSA) is 3.24 Å². The number of hydrogen-bond donors (Lipinski definition) is 0. The molecule has 94 valence electrons. The minimum absolute atomic E-state index is 0.895. The largest absolute Gasteiger partial charge is 0.300 e. The van der Waals surface area contributed by atoms with Crippen LogP contribution in [0.15, 0.2) is 0 Å². The van der Waals surface area contributed by atoms with E-state index in [4.69, 9.17) is 0 Å². The van der Waals surface area contributed by atoms with Gasteiger partial charge in [0.1, 0.15) is 0 Å². The van der Waals surface area contributed by atoms with Gasteiger partial charge in [-0.2, -0.15) is 0 Å². The predicted molar refractivity (Wildman–Crippen MR) is 70.6 cm³/mol. The Hall–Kier alpha value is -0.0400. The molecule has 2 atom stereocenters. The van der Waals surface area contributed by atoms with Crippen LogP contribution in [0.1, 0.15) is 59.3 Å². The van der Waals surface area contributed by atoms with Crippen LogP contribution in [0, 0.1) is 17.8 Å². The van der Waals surface area contributed by atoms with E-state index in [1.165, 1.54) is 51.6 Å². The van der Waals surface area contributed by atoms with Crippen molar-refractivity contribution in [2.45, 2.75) is 65.3 Å². The van der Waals surface area contributed by atoms with E-state index in [0.29, 0.717) is 0 Å². The number of hydrogen-bond acceptors (Lipinski definition) is 1. The Morgan fingerprint density at radius 1 is 0.750 bits per heavy atom. The molecule has 0 aromatic carbocycles. The highest BCUT2D eigenvalue weighted by atomic mass is 15.2. The van der Waals surface area contributed by atoms with E-state index in [2.05, 4.69) is 25.7 Å². The Kier molecular flexibility index (Phi) is 4.29. The summed E-state index contributed by atoms with van der Waals surface area (Å²) in [5.41, 5.74) is 0. The van der Waals surface area contributed by atoms with Gasteiger partial charge in [-0.25, -0.2) is 0 Å². The Labute approximate surface area is 102 Å². The Morgan fingerprint density at radius 3 is 1.75 bits per heavy atom. The summed E-state index contributed by atoms with van der Waals surface area (Å²) in [5, 5.41) is 0. The van der Waals surface area contributed by atoms with Gasteiger partial charge in [0.05, 0.1) is 0 Å². The van der Waals surface area contributed by atoms with Crippen molar-refractivity contribution < 1.29 is 0 Å². The van der Waals surface area contributed by atoms with Crippen LogP contribution in [0.5, 0.6) is 0 Å². The molecule has 0 bridgehead atoms. The Morgan fingerprint density at radius 2 is 1.25 bits per heavy atom. The quantitative estimate of drug-likeness (QED) is 0.609. The maximum Gasteiger partial charge on any atom is 0.00954 e. The molecular formula is C15H29N. The van der Waals surface area contributed by atoms with Crippen LogP contribution < -0.4 is 0 Å². The molecule has 1 saturated carbocycles. The third-order valence-electron chi connectivity index (χ3n) is 5.18. The van der Waals surface area contributed by atoms with E-state index in [1.807, 2.05) is 0 Å². The van der Waals surface area contributed by atoms with Gasteiger partial charge >= 0.3 is 0 Å². The van der Waals surface area contributed by atoms with Gasteiger partial charge in [0.25, 0.3) is 0 Å². The normalized spacial score (nSPS) is 39.6. The molecule has 0 aromatic rings. The van der Waals surface area contributed by atoms with Crippen LogP contribution in [-0.4, -0.2) is 24.0 Å². The molecule has 1 heteroatoms. The van der Waals surface area contributed by atoms with E-state index in [9.17, 15) is 0 Å². The zero-order chi connectivity index (χ0) is 11.5. The fourth-order valence-corrected chi connectivity index (χ4v) is 3.63. The smallest absolute Gasteiger partial charge is 0.00954 e. The minimum atomic E-state index is 0.895. The van der Waals surface area contributed by atoms with E-state index in [-0.39, 0.29) is 0 Å². The molecule has 1 saturated heterocycles. The second kappa shape index (κ2) is 5.53. The Balaban J connectivity index is 1.93. The lowest BCUT2D eigenvalue weighted by molar-refractivity contribution is 0.0488. The van der Waals surface area contributed by atoms with Crippen molar-refractivity contribution in [2.75, 3.05) is 13.1 Å². The zero-order valence-electron chi connectivity index (χ0n) is 11.4. The molecule has 0 aromatic heterocycles. The van der Waals surface area contributed by atoms with Crippen molar-refractivity contribution in [3.63, 3.8) is 0 Å². The van der Waals surface area contributed by atoms with Crippen LogP contribution in [0.3, 0.4) is 0 Å². The molecule has 1 nitrogen and oxygen atoms in total. The number of rotatable bonds is 1. The Bertz CT molecular complexity index is 193. The van der Waals surface area contributed by atoms with Gasteiger partial charge < -0.3 is 0 Å². The van der Waals surface area contributed by atoms with Gasteiger partial charge in [-0.05, 0) is 30.6 Å². The first kappa shape index (κ1) is 12.4. The van der Waals surface area contributed by atoms with Crippen LogP contribution in [0.2, 0.25) is 0 Å². The SMILES string of the molecule is CC1CN(C2CCCCCC2)CC(C)C1C. The average molecular weight is 223 g/mol. The molecule has 1 heterocycles. The lowest BCUT2D eigenvalue weighted by Gasteiger charge is -2.43. The maximum absolute atomic E-state index is 2.82. The van der Waals surface area contributed by atoms with Crippen LogP contribution >= 0.6 is 0 Å². The van der Waals surface area contributed by atoms with Gasteiger partial charge in [-0.15, -0.1) is 0 Å². The molecule has 0 amide bonds. The molecule has 16 heavy (non-hydrogen) atoms. The highest BCUT2D eigenvalue weighted by Gasteiger charge is 2.32. The van der Waals surface area contributed by atoms with Gasteiger partial charge in [-0.3, -0.25) is 4.90 Å². The molecule has 2 unspecified atom stereocenters. The summed E-state index contributed by atoms with van der Waals surface area (Å²) in [4.78, 5) is 2.82. The van der Waals surface area contributed by atoms with E-state index in [1.54, 1.807) is 0 Å². The first-order valence-corrected chi connectivity index (χ1v) is 7.42. The van der Waals surface area contributed by atoms with Crippen molar-refractivity contribution in [1.82, 2.24) is 4.90 Å². The van der Waals surface area contributed by atoms with E-state index < -0.39 is 0 Å². The van der Waals surface area contributed by atoms with Crippen molar-refractivity contribution >= 4 is 0 Å². The van der Waals surface area contributed by atoms with Crippen molar-refractivity contribution in [1.29, 1.82) is 0 Å². The third-order valence-corrected chi connectivity index (χ3v) is 5.18. The summed E-state index contributed by atoms with van der Waals surface area (Å²) < 4.78 is 0. The fraction of sp³-hybridized carbons (Fsp3) is 1.00. The zero-order valence-corrected chi connectivity index (χ0v) is 11.4. The highest BCUT2D eigenvalue weighted by molar-refractivity contribution is 4.85. The number of nitrogens with zero attached hydrogens (tertiary/aromatic N) is 1. The van der Waals surface area contributed by atoms with Gasteiger partial charge in [-0.1, -0.05) is 46.5 Å². The van der Waals surface area contributed by atoms with Gasteiger partial charge in [0.15, 0.2) is 0 Å². The van der Waals surface area contributed by atoms with Crippen molar-refractivity contribution in [2.24, 2.45) is 17.8 Å². The summed E-state index contributed by atoms with van der Waals surface area (Å²) >= 11 is 0. The van der Waals surface area contributed by atoms with Crippen LogP contribution in [-0.2, 0) is 0 Å². The molecule has 2 aliphatic rings. The van der Waals surface area contributed by atoms with Gasteiger partial charge in [0, 0.05) is 19.1 Å². The molecule has 2 rings (SSSR count). The second-order valence-corrected chi connectivity index (χ2v) is 6.41. The summed E-state index contributed by atoms with van der Waals surface area (Å²) in [5.74, 6) is 2.71. The molecule has 2 fully saturated rings. The molecule has 0 N–H and O–H groups in total. The fourth-order valence-electron chi connectivity index (χ4n) is 3.63. The molecule has 0 spiro atoms. The summed E-state index contributed by atoms with van der Waals surface area (Å²) in [6, 6.07) is 0.917. The second-order valence-electron chi connectivity index (χ2n) is 6.41. The number of piperidine rings is 1. The van der Waals surface area contributed by atoms with Crippen molar-refractivity contribution in [3.8, 4) is 0 Å². The third kappa shape index (κ3) is 2.80. The molecule has 1 aliphatic heterocycles. The van der Waals surface area contributed by atoms with E-state index >= 15 is 0 Å². The highest BCUT2D eigenvalue weighted by Crippen LogP contribution is 2.32. The van der Waals surface area contributed by atoms with Crippen molar-refractivity contribution in [3.05, 3.63) is 0 Å². The van der Waals surface area contributed by atoms with Gasteiger partial charge in [0.2, 0.25) is 0 Å². The predicted octanol–water partition coefficient (Wildman–Crippen LogP) is 3.93. The van der Waals surface area contributed by atoms with Crippen LogP contribution in [0.25, 0.3) is 0 Å². The van der Waals surface area contributed by atoms with E-state index in [0.717, 1.165) is 23.8 Å². The lowest BCUT2D eigenvalue weighted by atomic mass is 9.80. The summed E-state index contributed by atoms with van der Waals surface area (Å²) in [7, 11) is 0. The number of likely N-dealkylation sites (tertiary alicyclic amines) is 1. The summed E-state index contributed by atoms with van der Waals surface area (Å²) in [6.45, 7) is 10.1.